The topological polar surface area (TPSA) is 26.2 Å². The van der Waals surface area contributed by atoms with Gasteiger partial charge in [0.15, 0.2) is 0 Å². The van der Waals surface area contributed by atoms with Gasteiger partial charge in [0.1, 0.15) is 0 Å². The Bertz CT molecular complexity index is 524. The van der Waals surface area contributed by atoms with Gasteiger partial charge in [-0.15, -0.1) is 0 Å². The molecule has 0 aliphatic carbocycles. The molecule has 1 heterocycles. The predicted octanol–water partition coefficient (Wildman–Crippen LogP) is 3.70. The number of hydrogen-bond acceptors (Lipinski definition) is 2. The van der Waals surface area contributed by atoms with E-state index in [0.29, 0.717) is 0 Å². The molecular weight excluding hydrogens is 272 g/mol. The Morgan fingerprint density at radius 3 is 2.95 bits per heavy atom. The van der Waals surface area contributed by atoms with Crippen LogP contribution >= 0.6 is 11.6 Å². The van der Waals surface area contributed by atoms with Gasteiger partial charge in [0.05, 0.1) is 6.61 Å². The van der Waals surface area contributed by atoms with E-state index in [2.05, 4.69) is 35.1 Å². The van der Waals surface area contributed by atoms with Crippen LogP contribution < -0.4 is 5.32 Å². The van der Waals surface area contributed by atoms with Gasteiger partial charge in [-0.05, 0) is 30.0 Å². The molecule has 1 aromatic heterocycles. The first-order chi connectivity index (χ1) is 9.81. The second kappa shape index (κ2) is 8.30. The second-order valence-corrected chi connectivity index (χ2v) is 5.36. The van der Waals surface area contributed by atoms with Crippen LogP contribution in [0.15, 0.2) is 30.5 Å². The smallest absolute Gasteiger partial charge is 0.0590 e. The van der Waals surface area contributed by atoms with Crippen LogP contribution in [0, 0.1) is 0 Å². The summed E-state index contributed by atoms with van der Waals surface area (Å²) in [6.07, 6.45) is 4.45. The van der Waals surface area contributed by atoms with E-state index in [1.54, 1.807) is 0 Å². The fourth-order valence-electron chi connectivity index (χ4n) is 2.17. The third-order valence-corrected chi connectivity index (χ3v) is 3.57. The molecule has 0 saturated heterocycles. The van der Waals surface area contributed by atoms with Crippen LogP contribution in [0.3, 0.4) is 0 Å². The summed E-state index contributed by atoms with van der Waals surface area (Å²) >= 11 is 6.05. The standard InChI is InChI=1S/C16H23ClN2O/c1-2-3-11-20-12-8-18-7-10-19-9-6-14-4-5-15(17)13-16(14)19/h4-6,9,13,18H,2-3,7-8,10-12H2,1H3. The third kappa shape index (κ3) is 4.51. The minimum Gasteiger partial charge on any atom is -0.380 e. The Balaban J connectivity index is 1.69. The number of halogens is 1. The first-order valence-electron chi connectivity index (χ1n) is 7.34. The van der Waals surface area contributed by atoms with Crippen molar-refractivity contribution in [3.8, 4) is 0 Å². The van der Waals surface area contributed by atoms with Crippen molar-refractivity contribution >= 4 is 22.5 Å². The number of benzene rings is 1. The van der Waals surface area contributed by atoms with E-state index in [1.807, 2.05) is 12.1 Å². The average Bonchev–Trinajstić information content (AvgIpc) is 2.84. The lowest BCUT2D eigenvalue weighted by molar-refractivity contribution is 0.133. The van der Waals surface area contributed by atoms with Crippen molar-refractivity contribution in [2.24, 2.45) is 0 Å². The highest BCUT2D eigenvalue weighted by Gasteiger charge is 2.01. The minimum absolute atomic E-state index is 0.787. The third-order valence-electron chi connectivity index (χ3n) is 3.33. The molecular formula is C16H23ClN2O. The Morgan fingerprint density at radius 2 is 2.10 bits per heavy atom. The second-order valence-electron chi connectivity index (χ2n) is 4.93. The Hall–Kier alpha value is -1.03. The number of nitrogens with one attached hydrogen (secondary N) is 1. The number of hydrogen-bond donors (Lipinski definition) is 1. The quantitative estimate of drug-likeness (QED) is 0.714. The van der Waals surface area contributed by atoms with Crippen LogP contribution in [0.4, 0.5) is 0 Å². The van der Waals surface area contributed by atoms with Crippen molar-refractivity contribution in [1.29, 1.82) is 0 Å². The molecule has 2 aromatic rings. The maximum absolute atomic E-state index is 6.05. The molecule has 0 radical (unpaired) electrons. The number of nitrogens with zero attached hydrogens (tertiary/aromatic N) is 1. The molecule has 0 bridgehead atoms. The molecule has 110 valence electrons. The summed E-state index contributed by atoms with van der Waals surface area (Å²) in [6, 6.07) is 8.13. The number of rotatable bonds is 9. The van der Waals surface area contributed by atoms with Gasteiger partial charge in [-0.3, -0.25) is 0 Å². The van der Waals surface area contributed by atoms with E-state index in [1.165, 1.54) is 17.3 Å². The fraction of sp³-hybridized carbons (Fsp3) is 0.500. The molecule has 0 fully saturated rings. The highest BCUT2D eigenvalue weighted by atomic mass is 35.5. The zero-order valence-electron chi connectivity index (χ0n) is 12.1. The van der Waals surface area contributed by atoms with Crippen LogP contribution in [0.5, 0.6) is 0 Å². The van der Waals surface area contributed by atoms with Gasteiger partial charge in [-0.25, -0.2) is 0 Å². The SMILES string of the molecule is CCCCOCCNCCn1ccc2ccc(Cl)cc21. The van der Waals surface area contributed by atoms with Crippen LogP contribution in [0.25, 0.3) is 10.9 Å². The van der Waals surface area contributed by atoms with Crippen LogP contribution in [-0.2, 0) is 11.3 Å². The molecule has 0 atom stereocenters. The lowest BCUT2D eigenvalue weighted by Crippen LogP contribution is -2.24. The van der Waals surface area contributed by atoms with Crippen molar-refractivity contribution in [2.45, 2.75) is 26.3 Å². The van der Waals surface area contributed by atoms with E-state index in [4.69, 9.17) is 16.3 Å². The Kier molecular flexibility index (Phi) is 6.37. The molecule has 0 aliphatic rings. The molecule has 1 aromatic carbocycles. The summed E-state index contributed by atoms with van der Waals surface area (Å²) in [6.45, 7) is 6.63. The molecule has 0 amide bonds. The molecule has 0 spiro atoms. The van der Waals surface area contributed by atoms with Crippen molar-refractivity contribution in [1.82, 2.24) is 9.88 Å². The average molecular weight is 295 g/mol. The highest BCUT2D eigenvalue weighted by Crippen LogP contribution is 2.20. The van der Waals surface area contributed by atoms with E-state index >= 15 is 0 Å². The summed E-state index contributed by atoms with van der Waals surface area (Å²) in [5, 5.41) is 5.42. The van der Waals surface area contributed by atoms with Gasteiger partial charge in [-0.2, -0.15) is 0 Å². The lowest BCUT2D eigenvalue weighted by atomic mass is 10.2. The van der Waals surface area contributed by atoms with Gasteiger partial charge in [-0.1, -0.05) is 31.0 Å². The monoisotopic (exact) mass is 294 g/mol. The first-order valence-corrected chi connectivity index (χ1v) is 7.72. The van der Waals surface area contributed by atoms with Gasteiger partial charge >= 0.3 is 0 Å². The first kappa shape index (κ1) is 15.4. The molecule has 0 unspecified atom stereocenters. The summed E-state index contributed by atoms with van der Waals surface area (Å²) in [5.41, 5.74) is 1.19. The zero-order chi connectivity index (χ0) is 14.2. The highest BCUT2D eigenvalue weighted by molar-refractivity contribution is 6.31. The van der Waals surface area contributed by atoms with Gasteiger partial charge < -0.3 is 14.6 Å². The Morgan fingerprint density at radius 1 is 1.20 bits per heavy atom. The minimum atomic E-state index is 0.787. The van der Waals surface area contributed by atoms with Crippen molar-refractivity contribution in [3.63, 3.8) is 0 Å². The molecule has 4 heteroatoms. The molecule has 20 heavy (non-hydrogen) atoms. The van der Waals surface area contributed by atoms with Crippen LogP contribution in [-0.4, -0.2) is 30.9 Å². The maximum atomic E-state index is 6.05. The summed E-state index contributed by atoms with van der Waals surface area (Å²) < 4.78 is 7.74. The van der Waals surface area contributed by atoms with Gasteiger partial charge in [0.2, 0.25) is 0 Å². The van der Waals surface area contributed by atoms with Crippen LogP contribution in [0.2, 0.25) is 5.02 Å². The zero-order valence-corrected chi connectivity index (χ0v) is 12.8. The number of ether oxygens (including phenoxy) is 1. The van der Waals surface area contributed by atoms with Crippen molar-refractivity contribution in [3.05, 3.63) is 35.5 Å². The molecule has 2 rings (SSSR count). The largest absolute Gasteiger partial charge is 0.380 e. The molecule has 0 aliphatic heterocycles. The van der Waals surface area contributed by atoms with Crippen molar-refractivity contribution in [2.75, 3.05) is 26.3 Å². The maximum Gasteiger partial charge on any atom is 0.0590 e. The molecule has 0 saturated carbocycles. The molecule has 1 N–H and O–H groups in total. The van der Waals surface area contributed by atoms with E-state index in [9.17, 15) is 0 Å². The van der Waals surface area contributed by atoms with Gasteiger partial charge in [0, 0.05) is 43.0 Å². The number of aromatic nitrogens is 1. The number of unbranched alkanes of at least 4 members (excludes halogenated alkanes) is 1. The predicted molar refractivity (Wildman–Crippen MR) is 85.5 cm³/mol. The lowest BCUT2D eigenvalue weighted by Gasteiger charge is -2.08. The Labute approximate surface area is 125 Å². The van der Waals surface area contributed by atoms with Crippen molar-refractivity contribution < 1.29 is 4.74 Å². The van der Waals surface area contributed by atoms with Gasteiger partial charge in [0.25, 0.3) is 0 Å². The number of fused-ring (bicyclic) bond motifs is 1. The van der Waals surface area contributed by atoms with E-state index in [-0.39, 0.29) is 0 Å². The summed E-state index contributed by atoms with van der Waals surface area (Å²) in [7, 11) is 0. The van der Waals surface area contributed by atoms with E-state index in [0.717, 1.165) is 44.3 Å². The molecule has 3 nitrogen and oxygen atoms in total. The normalized spacial score (nSPS) is 11.3. The summed E-state index contributed by atoms with van der Waals surface area (Å²) in [4.78, 5) is 0. The van der Waals surface area contributed by atoms with E-state index < -0.39 is 0 Å². The van der Waals surface area contributed by atoms with Crippen LogP contribution in [0.1, 0.15) is 19.8 Å². The fourth-order valence-corrected chi connectivity index (χ4v) is 2.34. The summed E-state index contributed by atoms with van der Waals surface area (Å²) in [5.74, 6) is 0.